The molecule has 2 nitrogen and oxygen atoms in total. The van der Waals surface area contributed by atoms with Crippen molar-refractivity contribution in [1.29, 1.82) is 0 Å². The second kappa shape index (κ2) is 4.50. The van der Waals surface area contributed by atoms with Crippen LogP contribution in [0.4, 0.5) is 0 Å². The molecule has 1 atom stereocenters. The number of carbonyl (C=O) groups is 1. The van der Waals surface area contributed by atoms with Gasteiger partial charge < -0.3 is 5.32 Å². The van der Waals surface area contributed by atoms with E-state index >= 15 is 0 Å². The molecule has 0 spiro atoms. The van der Waals surface area contributed by atoms with Crippen molar-refractivity contribution in [2.75, 3.05) is 7.05 Å². The Morgan fingerprint density at radius 1 is 1.56 bits per heavy atom. The van der Waals surface area contributed by atoms with Crippen LogP contribution in [0, 0.1) is 0 Å². The molecule has 0 rings (SSSR count). The first-order chi connectivity index (χ1) is 4.26. The fourth-order valence-corrected chi connectivity index (χ4v) is 0.839. The van der Waals surface area contributed by atoms with Crippen LogP contribution in [-0.4, -0.2) is 18.9 Å². The topological polar surface area (TPSA) is 29.1 Å². The summed E-state index contributed by atoms with van der Waals surface area (Å²) >= 11 is 0. The van der Waals surface area contributed by atoms with Gasteiger partial charge in [0.05, 0.1) is 6.04 Å². The van der Waals surface area contributed by atoms with Crippen LogP contribution in [-0.2, 0) is 4.79 Å². The fraction of sp³-hybridized carbons (Fsp3) is 0.857. The van der Waals surface area contributed by atoms with Crippen LogP contribution in [0.15, 0.2) is 0 Å². The monoisotopic (exact) mass is 129 g/mol. The first-order valence-electron chi connectivity index (χ1n) is 3.46. The Hall–Kier alpha value is -0.370. The van der Waals surface area contributed by atoms with E-state index in [9.17, 15) is 4.79 Å². The third-order valence-corrected chi connectivity index (χ3v) is 1.49. The largest absolute Gasteiger partial charge is 0.311 e. The van der Waals surface area contributed by atoms with Gasteiger partial charge in [0.1, 0.15) is 5.78 Å². The molecule has 0 aliphatic heterocycles. The fourth-order valence-electron chi connectivity index (χ4n) is 0.839. The minimum absolute atomic E-state index is 0.0787. The van der Waals surface area contributed by atoms with Gasteiger partial charge in [0.2, 0.25) is 0 Å². The lowest BCUT2D eigenvalue weighted by Gasteiger charge is -2.09. The first kappa shape index (κ1) is 8.63. The predicted octanol–water partition coefficient (Wildman–Crippen LogP) is 0.964. The average Bonchev–Trinajstić information content (AvgIpc) is 1.90. The molecule has 0 aromatic heterocycles. The van der Waals surface area contributed by atoms with Gasteiger partial charge in [0.15, 0.2) is 0 Å². The smallest absolute Gasteiger partial charge is 0.149 e. The number of hydrogen-bond donors (Lipinski definition) is 1. The Balaban J connectivity index is 3.64. The molecule has 0 aromatic carbocycles. The maximum Gasteiger partial charge on any atom is 0.149 e. The van der Waals surface area contributed by atoms with Crippen LogP contribution >= 0.6 is 0 Å². The van der Waals surface area contributed by atoms with E-state index in [1.54, 1.807) is 0 Å². The summed E-state index contributed by atoms with van der Waals surface area (Å²) in [5.41, 5.74) is 0. The summed E-state index contributed by atoms with van der Waals surface area (Å²) in [6.07, 6.45) is 1.53. The van der Waals surface area contributed by atoms with Crippen LogP contribution in [0.3, 0.4) is 0 Å². The molecule has 1 N–H and O–H groups in total. The van der Waals surface area contributed by atoms with E-state index in [0.717, 1.165) is 6.42 Å². The minimum atomic E-state index is 0.0787. The lowest BCUT2D eigenvalue weighted by atomic mass is 10.1. The van der Waals surface area contributed by atoms with Crippen molar-refractivity contribution >= 4 is 5.78 Å². The Bertz CT molecular complexity index is 86.9. The van der Waals surface area contributed by atoms with E-state index in [-0.39, 0.29) is 6.04 Å². The third-order valence-electron chi connectivity index (χ3n) is 1.49. The molecular formula is C7H15NO. The highest BCUT2D eigenvalue weighted by Crippen LogP contribution is 1.94. The normalized spacial score (nSPS) is 13.2. The molecule has 0 bridgehead atoms. The Labute approximate surface area is 56.6 Å². The molecule has 54 valence electrons. The van der Waals surface area contributed by atoms with Gasteiger partial charge in [-0.1, -0.05) is 13.8 Å². The SMILES string of the molecule is CCC(=O)[C@H](CC)NC. The van der Waals surface area contributed by atoms with Gasteiger partial charge in [-0.2, -0.15) is 0 Å². The summed E-state index contributed by atoms with van der Waals surface area (Å²) in [7, 11) is 1.82. The minimum Gasteiger partial charge on any atom is -0.311 e. The molecule has 0 fully saturated rings. The lowest BCUT2D eigenvalue weighted by molar-refractivity contribution is -0.120. The maximum atomic E-state index is 10.9. The molecule has 0 heterocycles. The highest BCUT2D eigenvalue weighted by Gasteiger charge is 2.09. The van der Waals surface area contributed by atoms with E-state index in [1.807, 2.05) is 20.9 Å². The van der Waals surface area contributed by atoms with Crippen molar-refractivity contribution in [1.82, 2.24) is 5.32 Å². The van der Waals surface area contributed by atoms with Crippen LogP contribution in [0.5, 0.6) is 0 Å². The van der Waals surface area contributed by atoms with Gasteiger partial charge in [-0.05, 0) is 13.5 Å². The predicted molar refractivity (Wildman–Crippen MR) is 38.4 cm³/mol. The standard InChI is InChI=1S/C7H15NO/c1-4-6(8-3)7(9)5-2/h6,8H,4-5H2,1-3H3/t6-/m0/s1. The van der Waals surface area contributed by atoms with Crippen LogP contribution in [0.1, 0.15) is 26.7 Å². The number of ketones is 1. The van der Waals surface area contributed by atoms with Gasteiger partial charge in [0, 0.05) is 6.42 Å². The van der Waals surface area contributed by atoms with Gasteiger partial charge in [0.25, 0.3) is 0 Å². The van der Waals surface area contributed by atoms with E-state index < -0.39 is 0 Å². The molecule has 0 amide bonds. The number of nitrogens with one attached hydrogen (secondary N) is 1. The van der Waals surface area contributed by atoms with Crippen LogP contribution < -0.4 is 5.32 Å². The summed E-state index contributed by atoms with van der Waals surface area (Å²) < 4.78 is 0. The number of hydrogen-bond acceptors (Lipinski definition) is 2. The number of likely N-dealkylation sites (N-methyl/N-ethyl adjacent to an activating group) is 1. The van der Waals surface area contributed by atoms with Gasteiger partial charge >= 0.3 is 0 Å². The molecule has 0 radical (unpaired) electrons. The quantitative estimate of drug-likeness (QED) is 0.612. The molecule has 2 heteroatoms. The molecule has 0 saturated carbocycles. The van der Waals surface area contributed by atoms with Gasteiger partial charge in [-0.25, -0.2) is 0 Å². The summed E-state index contributed by atoms with van der Waals surface area (Å²) in [6, 6.07) is 0.0787. The zero-order valence-corrected chi connectivity index (χ0v) is 6.40. The molecular weight excluding hydrogens is 114 g/mol. The van der Waals surface area contributed by atoms with Crippen molar-refractivity contribution in [3.05, 3.63) is 0 Å². The zero-order chi connectivity index (χ0) is 7.28. The van der Waals surface area contributed by atoms with E-state index in [1.165, 1.54) is 0 Å². The number of Topliss-reactive ketones (excluding diaryl/α,β-unsaturated/α-hetero) is 1. The second-order valence-corrected chi connectivity index (χ2v) is 2.07. The Morgan fingerprint density at radius 2 is 2.11 bits per heavy atom. The summed E-state index contributed by atoms with van der Waals surface area (Å²) in [5, 5.41) is 2.95. The average molecular weight is 129 g/mol. The number of carbonyl (C=O) groups excluding carboxylic acids is 1. The Morgan fingerprint density at radius 3 is 2.22 bits per heavy atom. The molecule has 0 aliphatic carbocycles. The third kappa shape index (κ3) is 2.61. The van der Waals surface area contributed by atoms with Crippen molar-refractivity contribution in [2.24, 2.45) is 0 Å². The molecule has 0 unspecified atom stereocenters. The number of rotatable bonds is 4. The van der Waals surface area contributed by atoms with E-state index in [2.05, 4.69) is 5.32 Å². The zero-order valence-electron chi connectivity index (χ0n) is 6.40. The molecule has 0 aliphatic rings. The van der Waals surface area contributed by atoms with Gasteiger partial charge in [-0.15, -0.1) is 0 Å². The molecule has 9 heavy (non-hydrogen) atoms. The van der Waals surface area contributed by atoms with Crippen molar-refractivity contribution in [2.45, 2.75) is 32.7 Å². The molecule has 0 saturated heterocycles. The van der Waals surface area contributed by atoms with Crippen LogP contribution in [0.25, 0.3) is 0 Å². The van der Waals surface area contributed by atoms with Crippen molar-refractivity contribution in [3.63, 3.8) is 0 Å². The summed E-state index contributed by atoms with van der Waals surface area (Å²) in [6.45, 7) is 3.90. The highest BCUT2D eigenvalue weighted by molar-refractivity contribution is 5.83. The van der Waals surface area contributed by atoms with Crippen molar-refractivity contribution < 1.29 is 4.79 Å². The van der Waals surface area contributed by atoms with Gasteiger partial charge in [-0.3, -0.25) is 4.79 Å². The van der Waals surface area contributed by atoms with E-state index in [0.29, 0.717) is 12.2 Å². The van der Waals surface area contributed by atoms with Crippen LogP contribution in [0.2, 0.25) is 0 Å². The molecule has 0 aromatic rings. The first-order valence-corrected chi connectivity index (χ1v) is 3.46. The highest BCUT2D eigenvalue weighted by atomic mass is 16.1. The van der Waals surface area contributed by atoms with E-state index in [4.69, 9.17) is 0 Å². The van der Waals surface area contributed by atoms with Crippen molar-refractivity contribution in [3.8, 4) is 0 Å². The Kier molecular flexibility index (Phi) is 4.32. The lowest BCUT2D eigenvalue weighted by Crippen LogP contribution is -2.32. The maximum absolute atomic E-state index is 10.9. The summed E-state index contributed by atoms with van der Waals surface area (Å²) in [4.78, 5) is 10.9. The second-order valence-electron chi connectivity index (χ2n) is 2.07. The summed E-state index contributed by atoms with van der Waals surface area (Å²) in [5.74, 6) is 0.306.